The molecule has 1 rings (SSSR count). The molecule has 3 nitrogen and oxygen atoms in total. The fourth-order valence-corrected chi connectivity index (χ4v) is 2.28. The van der Waals surface area contributed by atoms with Crippen LogP contribution >= 0.6 is 0 Å². The third kappa shape index (κ3) is 6.09. The molecule has 0 unspecified atom stereocenters. The third-order valence-corrected chi connectivity index (χ3v) is 3.57. The number of hydrogen-bond acceptors (Lipinski definition) is 2. The van der Waals surface area contributed by atoms with E-state index in [-0.39, 0.29) is 5.91 Å². The fraction of sp³-hybridized carbons (Fsp3) is 0.588. The Kier molecular flexibility index (Phi) is 7.78. The van der Waals surface area contributed by atoms with E-state index in [9.17, 15) is 4.79 Å². The number of anilines is 2. The molecule has 1 amide bonds. The zero-order chi connectivity index (χ0) is 14.8. The molecule has 20 heavy (non-hydrogen) atoms. The molecule has 0 aromatic heterocycles. The number of carbonyl (C=O) groups is 1. The van der Waals surface area contributed by atoms with Gasteiger partial charge in [-0.2, -0.15) is 0 Å². The van der Waals surface area contributed by atoms with E-state index in [2.05, 4.69) is 19.2 Å². The third-order valence-electron chi connectivity index (χ3n) is 3.57. The Morgan fingerprint density at radius 2 is 1.80 bits per heavy atom. The first-order valence-corrected chi connectivity index (χ1v) is 7.85. The maximum Gasteiger partial charge on any atom is 0.224 e. The van der Waals surface area contributed by atoms with Gasteiger partial charge in [-0.15, -0.1) is 0 Å². The molecule has 0 radical (unpaired) electrons. The van der Waals surface area contributed by atoms with Gasteiger partial charge in [0.05, 0.1) is 0 Å². The van der Waals surface area contributed by atoms with Crippen LogP contribution in [0.4, 0.5) is 11.4 Å². The van der Waals surface area contributed by atoms with Gasteiger partial charge in [-0.05, 0) is 30.5 Å². The van der Waals surface area contributed by atoms with Crippen molar-refractivity contribution >= 4 is 17.3 Å². The fourth-order valence-electron chi connectivity index (χ4n) is 2.28. The molecule has 0 aliphatic heterocycles. The van der Waals surface area contributed by atoms with Crippen LogP contribution in [0.15, 0.2) is 18.2 Å². The lowest BCUT2D eigenvalue weighted by molar-refractivity contribution is -0.116. The van der Waals surface area contributed by atoms with Crippen LogP contribution in [0.25, 0.3) is 0 Å². The number of hydrogen-bond donors (Lipinski definition) is 2. The average molecular weight is 276 g/mol. The quantitative estimate of drug-likeness (QED) is 0.514. The summed E-state index contributed by atoms with van der Waals surface area (Å²) in [5, 5.41) is 2.92. The summed E-state index contributed by atoms with van der Waals surface area (Å²) in [5.74, 6) is 0.0872. The summed E-state index contributed by atoms with van der Waals surface area (Å²) in [6, 6.07) is 5.75. The summed E-state index contributed by atoms with van der Waals surface area (Å²) < 4.78 is 0. The Bertz CT molecular complexity index is 415. The number of amides is 1. The van der Waals surface area contributed by atoms with Gasteiger partial charge in [0.15, 0.2) is 0 Å². The molecule has 0 aliphatic rings. The maximum atomic E-state index is 11.8. The van der Waals surface area contributed by atoms with Crippen molar-refractivity contribution in [2.75, 3.05) is 11.1 Å². The van der Waals surface area contributed by atoms with Crippen LogP contribution in [0.2, 0.25) is 0 Å². The highest BCUT2D eigenvalue weighted by Gasteiger charge is 2.04. The molecule has 112 valence electrons. The Hall–Kier alpha value is -1.51. The second-order valence-electron chi connectivity index (χ2n) is 5.33. The molecule has 0 saturated heterocycles. The lowest BCUT2D eigenvalue weighted by Gasteiger charge is -2.08. The van der Waals surface area contributed by atoms with Gasteiger partial charge in [-0.3, -0.25) is 4.79 Å². The number of nitrogens with one attached hydrogen (secondary N) is 1. The van der Waals surface area contributed by atoms with E-state index in [0.29, 0.717) is 6.42 Å². The molecule has 0 heterocycles. The summed E-state index contributed by atoms with van der Waals surface area (Å²) in [7, 11) is 0. The molecule has 0 bridgehead atoms. The summed E-state index contributed by atoms with van der Waals surface area (Å²) >= 11 is 0. The zero-order valence-electron chi connectivity index (χ0n) is 12.9. The van der Waals surface area contributed by atoms with E-state index < -0.39 is 0 Å². The minimum Gasteiger partial charge on any atom is -0.398 e. The van der Waals surface area contributed by atoms with Crippen molar-refractivity contribution in [2.45, 2.75) is 65.2 Å². The van der Waals surface area contributed by atoms with Gasteiger partial charge in [0.2, 0.25) is 5.91 Å². The van der Waals surface area contributed by atoms with Gasteiger partial charge in [0.1, 0.15) is 0 Å². The van der Waals surface area contributed by atoms with Crippen molar-refractivity contribution in [3.05, 3.63) is 23.8 Å². The largest absolute Gasteiger partial charge is 0.398 e. The van der Waals surface area contributed by atoms with Crippen molar-refractivity contribution in [1.82, 2.24) is 0 Å². The highest BCUT2D eigenvalue weighted by atomic mass is 16.1. The number of nitrogen functional groups attached to an aromatic ring is 1. The highest BCUT2D eigenvalue weighted by Crippen LogP contribution is 2.18. The first-order chi connectivity index (χ1) is 9.67. The summed E-state index contributed by atoms with van der Waals surface area (Å²) in [4.78, 5) is 11.8. The number of aryl methyl sites for hydroxylation is 1. The Morgan fingerprint density at radius 3 is 2.45 bits per heavy atom. The molecule has 1 aromatic carbocycles. The lowest BCUT2D eigenvalue weighted by atomic mass is 10.1. The van der Waals surface area contributed by atoms with Crippen LogP contribution < -0.4 is 11.1 Å². The van der Waals surface area contributed by atoms with E-state index >= 15 is 0 Å². The maximum absolute atomic E-state index is 11.8. The van der Waals surface area contributed by atoms with Crippen LogP contribution in [-0.2, 0) is 11.2 Å². The van der Waals surface area contributed by atoms with Crippen LogP contribution in [0.3, 0.4) is 0 Å². The van der Waals surface area contributed by atoms with Gasteiger partial charge >= 0.3 is 0 Å². The highest BCUT2D eigenvalue weighted by molar-refractivity contribution is 5.91. The molecule has 0 saturated carbocycles. The number of unbranched alkanes of at least 4 members (excludes halogenated alkanes) is 5. The van der Waals surface area contributed by atoms with Gasteiger partial charge in [0.25, 0.3) is 0 Å². The minimum absolute atomic E-state index is 0.0872. The molecule has 3 heteroatoms. The van der Waals surface area contributed by atoms with Crippen molar-refractivity contribution < 1.29 is 4.79 Å². The standard InChI is InChI=1S/C17H28N2O/c1-3-5-6-7-8-9-10-17(20)19-15-12-11-14(4-2)16(18)13-15/h11-13H,3-10,18H2,1-2H3,(H,19,20). The van der Waals surface area contributed by atoms with E-state index in [1.807, 2.05) is 18.2 Å². The van der Waals surface area contributed by atoms with E-state index in [1.54, 1.807) is 0 Å². The second-order valence-corrected chi connectivity index (χ2v) is 5.33. The first kappa shape index (κ1) is 16.5. The minimum atomic E-state index is 0.0872. The van der Waals surface area contributed by atoms with Gasteiger partial charge in [-0.25, -0.2) is 0 Å². The van der Waals surface area contributed by atoms with Crippen molar-refractivity contribution in [3.63, 3.8) is 0 Å². The SMILES string of the molecule is CCCCCCCCC(=O)Nc1ccc(CC)c(N)c1. The van der Waals surface area contributed by atoms with Crippen molar-refractivity contribution in [1.29, 1.82) is 0 Å². The Labute approximate surface area is 122 Å². The molecular formula is C17H28N2O. The van der Waals surface area contributed by atoms with Gasteiger partial charge in [-0.1, -0.05) is 52.0 Å². The van der Waals surface area contributed by atoms with Gasteiger partial charge < -0.3 is 11.1 Å². The zero-order valence-corrected chi connectivity index (χ0v) is 12.9. The van der Waals surface area contributed by atoms with E-state index in [4.69, 9.17) is 5.73 Å². The number of benzene rings is 1. The second kappa shape index (κ2) is 9.40. The van der Waals surface area contributed by atoms with E-state index in [1.165, 1.54) is 25.7 Å². The van der Waals surface area contributed by atoms with Crippen molar-refractivity contribution in [2.24, 2.45) is 0 Å². The first-order valence-electron chi connectivity index (χ1n) is 7.85. The predicted octanol–water partition coefficient (Wildman–Crippen LogP) is 4.52. The number of nitrogens with two attached hydrogens (primary N) is 1. The number of carbonyl (C=O) groups excluding carboxylic acids is 1. The van der Waals surface area contributed by atoms with Crippen LogP contribution in [0.1, 0.15) is 64.4 Å². The average Bonchev–Trinajstić information content (AvgIpc) is 2.43. The van der Waals surface area contributed by atoms with Crippen LogP contribution in [0, 0.1) is 0 Å². The predicted molar refractivity (Wildman–Crippen MR) is 86.9 cm³/mol. The molecular weight excluding hydrogens is 248 g/mol. The smallest absolute Gasteiger partial charge is 0.224 e. The Balaban J connectivity index is 2.26. The summed E-state index contributed by atoms with van der Waals surface area (Å²) in [6.07, 6.45) is 8.71. The molecule has 3 N–H and O–H groups in total. The Morgan fingerprint density at radius 1 is 1.10 bits per heavy atom. The van der Waals surface area contributed by atoms with Crippen LogP contribution in [-0.4, -0.2) is 5.91 Å². The van der Waals surface area contributed by atoms with Crippen LogP contribution in [0.5, 0.6) is 0 Å². The summed E-state index contributed by atoms with van der Waals surface area (Å²) in [5.41, 5.74) is 8.60. The molecule has 0 aliphatic carbocycles. The normalized spacial score (nSPS) is 10.5. The number of rotatable bonds is 9. The summed E-state index contributed by atoms with van der Waals surface area (Å²) in [6.45, 7) is 4.28. The van der Waals surface area contributed by atoms with E-state index in [0.717, 1.165) is 36.2 Å². The molecule has 1 aromatic rings. The molecule has 0 atom stereocenters. The molecule has 0 fully saturated rings. The van der Waals surface area contributed by atoms with Gasteiger partial charge in [0, 0.05) is 17.8 Å². The topological polar surface area (TPSA) is 55.1 Å². The lowest BCUT2D eigenvalue weighted by Crippen LogP contribution is -2.11. The monoisotopic (exact) mass is 276 g/mol. The molecule has 0 spiro atoms. The van der Waals surface area contributed by atoms with Crippen molar-refractivity contribution in [3.8, 4) is 0 Å².